The van der Waals surface area contributed by atoms with E-state index in [9.17, 15) is 4.79 Å². The van der Waals surface area contributed by atoms with Gasteiger partial charge in [0.15, 0.2) is 0 Å². The number of rotatable bonds is 3. The SMILES string of the molecule is CC[C@H](C)NC(=O)NC1CCCCC1. The predicted molar refractivity (Wildman–Crippen MR) is 58.3 cm³/mol. The topological polar surface area (TPSA) is 41.1 Å². The van der Waals surface area contributed by atoms with Crippen molar-refractivity contribution in [2.45, 2.75) is 64.5 Å². The standard InChI is InChI=1S/C11H22N2O/c1-3-9(2)12-11(14)13-10-7-5-4-6-8-10/h9-10H,3-8H2,1-2H3,(H2,12,13,14)/t9-/m0/s1. The van der Waals surface area contributed by atoms with Gasteiger partial charge in [0.1, 0.15) is 0 Å². The zero-order valence-electron chi connectivity index (χ0n) is 9.31. The van der Waals surface area contributed by atoms with Gasteiger partial charge in [-0.3, -0.25) is 0 Å². The number of urea groups is 1. The minimum atomic E-state index is 0.00579. The van der Waals surface area contributed by atoms with Crippen LogP contribution in [0.3, 0.4) is 0 Å². The van der Waals surface area contributed by atoms with Gasteiger partial charge in [-0.25, -0.2) is 4.79 Å². The summed E-state index contributed by atoms with van der Waals surface area (Å²) in [6, 6.07) is 0.692. The van der Waals surface area contributed by atoms with Crippen LogP contribution in [0.4, 0.5) is 4.79 Å². The number of carbonyl (C=O) groups is 1. The third-order valence-corrected chi connectivity index (χ3v) is 2.93. The van der Waals surface area contributed by atoms with Gasteiger partial charge in [0.05, 0.1) is 0 Å². The minimum Gasteiger partial charge on any atom is -0.336 e. The molecule has 0 heterocycles. The van der Waals surface area contributed by atoms with Crippen molar-refractivity contribution in [2.75, 3.05) is 0 Å². The molecule has 14 heavy (non-hydrogen) atoms. The van der Waals surface area contributed by atoms with E-state index in [1.165, 1.54) is 19.3 Å². The molecule has 0 aromatic rings. The summed E-state index contributed by atoms with van der Waals surface area (Å²) in [4.78, 5) is 11.5. The molecular weight excluding hydrogens is 176 g/mol. The first-order valence-corrected chi connectivity index (χ1v) is 5.79. The molecule has 1 fully saturated rings. The first-order valence-electron chi connectivity index (χ1n) is 5.79. The van der Waals surface area contributed by atoms with Crippen molar-refractivity contribution >= 4 is 6.03 Å². The first kappa shape index (κ1) is 11.3. The Morgan fingerprint density at radius 1 is 1.36 bits per heavy atom. The molecule has 0 bridgehead atoms. The van der Waals surface area contributed by atoms with E-state index in [0.717, 1.165) is 19.3 Å². The van der Waals surface area contributed by atoms with E-state index in [2.05, 4.69) is 17.6 Å². The van der Waals surface area contributed by atoms with E-state index >= 15 is 0 Å². The van der Waals surface area contributed by atoms with E-state index < -0.39 is 0 Å². The van der Waals surface area contributed by atoms with Crippen molar-refractivity contribution < 1.29 is 4.79 Å². The minimum absolute atomic E-state index is 0.00579. The molecular formula is C11H22N2O. The zero-order chi connectivity index (χ0) is 10.4. The van der Waals surface area contributed by atoms with Gasteiger partial charge in [0.25, 0.3) is 0 Å². The van der Waals surface area contributed by atoms with Gasteiger partial charge >= 0.3 is 6.03 Å². The third-order valence-electron chi connectivity index (χ3n) is 2.93. The van der Waals surface area contributed by atoms with Crippen LogP contribution >= 0.6 is 0 Å². The maximum atomic E-state index is 11.5. The largest absolute Gasteiger partial charge is 0.336 e. The number of hydrogen-bond acceptors (Lipinski definition) is 1. The Balaban J connectivity index is 2.18. The smallest absolute Gasteiger partial charge is 0.315 e. The zero-order valence-corrected chi connectivity index (χ0v) is 9.31. The monoisotopic (exact) mass is 198 g/mol. The fourth-order valence-electron chi connectivity index (χ4n) is 1.80. The Morgan fingerprint density at radius 3 is 2.57 bits per heavy atom. The lowest BCUT2D eigenvalue weighted by atomic mass is 9.96. The number of carbonyl (C=O) groups excluding carboxylic acids is 1. The van der Waals surface area contributed by atoms with Crippen LogP contribution in [0.25, 0.3) is 0 Å². The van der Waals surface area contributed by atoms with Crippen LogP contribution in [0.5, 0.6) is 0 Å². The maximum absolute atomic E-state index is 11.5. The summed E-state index contributed by atoms with van der Waals surface area (Å²) in [5.74, 6) is 0. The van der Waals surface area contributed by atoms with Gasteiger partial charge in [-0.1, -0.05) is 26.2 Å². The molecule has 0 saturated heterocycles. The Labute approximate surface area is 86.6 Å². The van der Waals surface area contributed by atoms with Crippen LogP contribution < -0.4 is 10.6 Å². The summed E-state index contributed by atoms with van der Waals surface area (Å²) in [6.45, 7) is 4.10. The molecule has 2 amide bonds. The van der Waals surface area contributed by atoms with Crippen LogP contribution in [0.1, 0.15) is 52.4 Å². The van der Waals surface area contributed by atoms with Crippen LogP contribution in [0.2, 0.25) is 0 Å². The molecule has 0 aliphatic heterocycles. The Morgan fingerprint density at radius 2 is 2.00 bits per heavy atom. The Bertz CT molecular complexity index is 176. The van der Waals surface area contributed by atoms with Crippen molar-refractivity contribution in [3.05, 3.63) is 0 Å². The summed E-state index contributed by atoms with van der Waals surface area (Å²) in [7, 11) is 0. The van der Waals surface area contributed by atoms with Crippen molar-refractivity contribution in [1.29, 1.82) is 0 Å². The lowest BCUT2D eigenvalue weighted by molar-refractivity contribution is 0.229. The second-order valence-corrected chi connectivity index (χ2v) is 4.26. The fraction of sp³-hybridized carbons (Fsp3) is 0.909. The molecule has 0 aromatic carbocycles. The first-order chi connectivity index (χ1) is 6.72. The molecule has 82 valence electrons. The van der Waals surface area contributed by atoms with Gasteiger partial charge in [-0.2, -0.15) is 0 Å². The van der Waals surface area contributed by atoms with Gasteiger partial charge in [-0.15, -0.1) is 0 Å². The number of hydrogen-bond donors (Lipinski definition) is 2. The highest BCUT2D eigenvalue weighted by atomic mass is 16.2. The summed E-state index contributed by atoms with van der Waals surface area (Å²) in [5, 5.41) is 5.96. The molecule has 3 heteroatoms. The van der Waals surface area contributed by atoms with Gasteiger partial charge in [-0.05, 0) is 26.2 Å². The van der Waals surface area contributed by atoms with E-state index in [0.29, 0.717) is 6.04 Å². The number of nitrogens with one attached hydrogen (secondary N) is 2. The molecule has 0 radical (unpaired) electrons. The highest BCUT2D eigenvalue weighted by molar-refractivity contribution is 5.74. The van der Waals surface area contributed by atoms with E-state index in [-0.39, 0.29) is 12.1 Å². The van der Waals surface area contributed by atoms with Crippen molar-refractivity contribution in [3.8, 4) is 0 Å². The van der Waals surface area contributed by atoms with Crippen molar-refractivity contribution in [2.24, 2.45) is 0 Å². The third kappa shape index (κ3) is 3.99. The summed E-state index contributed by atoms with van der Waals surface area (Å²) in [6.07, 6.45) is 7.12. The molecule has 3 nitrogen and oxygen atoms in total. The molecule has 1 rings (SSSR count). The fourth-order valence-corrected chi connectivity index (χ4v) is 1.80. The highest BCUT2D eigenvalue weighted by Gasteiger charge is 2.15. The Kier molecular flexibility index (Phi) is 4.77. The highest BCUT2D eigenvalue weighted by Crippen LogP contribution is 2.17. The summed E-state index contributed by atoms with van der Waals surface area (Å²) in [5.41, 5.74) is 0. The molecule has 1 atom stereocenters. The van der Waals surface area contributed by atoms with E-state index in [1.807, 2.05) is 6.92 Å². The number of amides is 2. The molecule has 0 spiro atoms. The summed E-state index contributed by atoms with van der Waals surface area (Å²) < 4.78 is 0. The van der Waals surface area contributed by atoms with E-state index in [4.69, 9.17) is 0 Å². The van der Waals surface area contributed by atoms with Crippen molar-refractivity contribution in [3.63, 3.8) is 0 Å². The van der Waals surface area contributed by atoms with Crippen molar-refractivity contribution in [1.82, 2.24) is 10.6 Å². The molecule has 1 saturated carbocycles. The van der Waals surface area contributed by atoms with Crippen LogP contribution in [-0.4, -0.2) is 18.1 Å². The average molecular weight is 198 g/mol. The molecule has 2 N–H and O–H groups in total. The Hall–Kier alpha value is -0.730. The maximum Gasteiger partial charge on any atom is 0.315 e. The second kappa shape index (κ2) is 5.89. The average Bonchev–Trinajstić information content (AvgIpc) is 2.19. The lowest BCUT2D eigenvalue weighted by Crippen LogP contribution is -2.45. The summed E-state index contributed by atoms with van der Waals surface area (Å²) >= 11 is 0. The van der Waals surface area contributed by atoms with Crippen LogP contribution in [0.15, 0.2) is 0 Å². The van der Waals surface area contributed by atoms with Gasteiger partial charge < -0.3 is 10.6 Å². The lowest BCUT2D eigenvalue weighted by Gasteiger charge is -2.23. The molecule has 1 aliphatic rings. The normalized spacial score (nSPS) is 20.1. The second-order valence-electron chi connectivity index (χ2n) is 4.26. The van der Waals surface area contributed by atoms with Crippen LogP contribution in [-0.2, 0) is 0 Å². The quantitative estimate of drug-likeness (QED) is 0.718. The molecule has 0 aromatic heterocycles. The van der Waals surface area contributed by atoms with E-state index in [1.54, 1.807) is 0 Å². The van der Waals surface area contributed by atoms with Gasteiger partial charge in [0, 0.05) is 12.1 Å². The van der Waals surface area contributed by atoms with Gasteiger partial charge in [0.2, 0.25) is 0 Å². The molecule has 0 unspecified atom stereocenters. The molecule has 1 aliphatic carbocycles. The predicted octanol–water partition coefficient (Wildman–Crippen LogP) is 2.42. The van der Waals surface area contributed by atoms with Crippen LogP contribution in [0, 0.1) is 0 Å².